The predicted octanol–water partition coefficient (Wildman–Crippen LogP) is 4.59. The van der Waals surface area contributed by atoms with Crippen LogP contribution in [0.3, 0.4) is 0 Å². The van der Waals surface area contributed by atoms with Crippen molar-refractivity contribution in [1.29, 1.82) is 0 Å². The van der Waals surface area contributed by atoms with Crippen LogP contribution in [-0.4, -0.2) is 38.7 Å². The van der Waals surface area contributed by atoms with Crippen molar-refractivity contribution in [2.75, 3.05) is 27.9 Å². The third kappa shape index (κ3) is 3.80. The van der Waals surface area contributed by atoms with Gasteiger partial charge < -0.3 is 18.9 Å². The molecule has 2 aliphatic rings. The lowest BCUT2D eigenvalue weighted by atomic mass is 9.83. The van der Waals surface area contributed by atoms with Gasteiger partial charge in [-0.05, 0) is 59.9 Å². The molecule has 0 fully saturated rings. The van der Waals surface area contributed by atoms with Crippen molar-refractivity contribution in [3.05, 3.63) is 82.4 Å². The molecular formula is C27H27NO5. The molecule has 0 aromatic heterocycles. The summed E-state index contributed by atoms with van der Waals surface area (Å²) in [5, 5.41) is 0. The zero-order valence-corrected chi connectivity index (χ0v) is 19.1. The van der Waals surface area contributed by atoms with Crippen molar-refractivity contribution < 1.29 is 23.7 Å². The molecule has 6 heteroatoms. The van der Waals surface area contributed by atoms with Gasteiger partial charge in [-0.25, -0.2) is 4.79 Å². The average Bonchev–Trinajstić information content (AvgIpc) is 2.86. The van der Waals surface area contributed by atoms with Gasteiger partial charge in [0.15, 0.2) is 23.0 Å². The second kappa shape index (κ2) is 8.79. The number of ether oxygens (including phenoxy) is 4. The molecular weight excluding hydrogens is 418 g/mol. The fourth-order valence-electron chi connectivity index (χ4n) is 4.97. The van der Waals surface area contributed by atoms with Gasteiger partial charge in [-0.3, -0.25) is 4.90 Å². The van der Waals surface area contributed by atoms with Gasteiger partial charge in [-0.1, -0.05) is 24.3 Å². The van der Waals surface area contributed by atoms with Crippen LogP contribution in [0.4, 0.5) is 0 Å². The molecule has 0 N–H and O–H groups in total. The van der Waals surface area contributed by atoms with Crippen molar-refractivity contribution in [2.45, 2.75) is 25.4 Å². The molecule has 6 nitrogen and oxygen atoms in total. The van der Waals surface area contributed by atoms with E-state index < -0.39 is 5.97 Å². The van der Waals surface area contributed by atoms with Crippen LogP contribution in [0.1, 0.15) is 38.7 Å². The summed E-state index contributed by atoms with van der Waals surface area (Å²) in [5.74, 6) is 2.20. The summed E-state index contributed by atoms with van der Waals surface area (Å²) in [5.41, 5.74) is 5.35. The van der Waals surface area contributed by atoms with Gasteiger partial charge in [0.05, 0.1) is 26.9 Å². The number of esters is 1. The summed E-state index contributed by atoms with van der Waals surface area (Å²) >= 11 is 0. The zero-order valence-electron chi connectivity index (χ0n) is 19.1. The van der Waals surface area contributed by atoms with Crippen molar-refractivity contribution in [1.82, 2.24) is 4.90 Å². The van der Waals surface area contributed by atoms with E-state index in [0.717, 1.165) is 37.4 Å². The van der Waals surface area contributed by atoms with Crippen molar-refractivity contribution >= 4 is 5.97 Å². The molecule has 0 amide bonds. The highest BCUT2D eigenvalue weighted by Crippen LogP contribution is 2.45. The number of hydrogen-bond acceptors (Lipinski definition) is 6. The van der Waals surface area contributed by atoms with Gasteiger partial charge in [-0.15, -0.1) is 0 Å². The van der Waals surface area contributed by atoms with Crippen LogP contribution < -0.4 is 18.9 Å². The standard InChI is InChI=1S/C27H27NO5/c1-30-23-10-9-18-13-22-20-15-25(33-27(29)17-7-5-4-6-8-17)24(31-2)14-19(20)11-12-28(22)16-21(18)26(23)32-3/h4-10,14-15,22H,11-13,16H2,1-3H3. The first-order valence-corrected chi connectivity index (χ1v) is 11.1. The molecule has 3 aromatic carbocycles. The molecule has 2 heterocycles. The van der Waals surface area contributed by atoms with Crippen LogP contribution in [0, 0.1) is 0 Å². The van der Waals surface area contributed by atoms with Gasteiger partial charge >= 0.3 is 5.97 Å². The smallest absolute Gasteiger partial charge is 0.343 e. The number of nitrogens with zero attached hydrogens (tertiary/aromatic N) is 1. The van der Waals surface area contributed by atoms with Crippen molar-refractivity contribution in [2.24, 2.45) is 0 Å². The number of methoxy groups -OCH3 is 3. The second-order valence-corrected chi connectivity index (χ2v) is 8.34. The Morgan fingerprint density at radius 2 is 1.67 bits per heavy atom. The van der Waals surface area contributed by atoms with E-state index >= 15 is 0 Å². The molecule has 0 saturated carbocycles. The maximum atomic E-state index is 12.7. The minimum absolute atomic E-state index is 0.194. The maximum Gasteiger partial charge on any atom is 0.343 e. The van der Waals surface area contributed by atoms with Crippen LogP contribution in [0.2, 0.25) is 0 Å². The van der Waals surface area contributed by atoms with E-state index in [-0.39, 0.29) is 6.04 Å². The SMILES string of the molecule is COc1cc2c(cc1OC(=O)c1ccccc1)C1Cc3ccc(OC)c(OC)c3CN1CC2. The van der Waals surface area contributed by atoms with E-state index in [9.17, 15) is 4.79 Å². The molecule has 0 spiro atoms. The summed E-state index contributed by atoms with van der Waals surface area (Å²) in [6.07, 6.45) is 1.75. The number of carbonyl (C=O) groups excluding carboxylic acids is 1. The number of fused-ring (bicyclic) bond motifs is 4. The predicted molar refractivity (Wildman–Crippen MR) is 124 cm³/mol. The van der Waals surface area contributed by atoms with Crippen LogP contribution in [0.15, 0.2) is 54.6 Å². The monoisotopic (exact) mass is 445 g/mol. The molecule has 0 bridgehead atoms. The zero-order chi connectivity index (χ0) is 22.9. The van der Waals surface area contributed by atoms with Crippen LogP contribution in [0.25, 0.3) is 0 Å². The topological polar surface area (TPSA) is 57.2 Å². The molecule has 1 atom stereocenters. The number of rotatable bonds is 5. The molecule has 0 saturated heterocycles. The maximum absolute atomic E-state index is 12.7. The Morgan fingerprint density at radius 1 is 0.879 bits per heavy atom. The number of hydrogen-bond donors (Lipinski definition) is 0. The Bertz CT molecular complexity index is 1190. The van der Waals surface area contributed by atoms with E-state index in [1.54, 1.807) is 33.5 Å². The quantitative estimate of drug-likeness (QED) is 0.423. The largest absolute Gasteiger partial charge is 0.493 e. The third-order valence-electron chi connectivity index (χ3n) is 6.63. The fourth-order valence-corrected chi connectivity index (χ4v) is 4.97. The van der Waals surface area contributed by atoms with Gasteiger partial charge in [0, 0.05) is 24.7 Å². The van der Waals surface area contributed by atoms with E-state index in [1.807, 2.05) is 36.4 Å². The molecule has 0 aliphatic carbocycles. The Kier molecular flexibility index (Phi) is 5.68. The first-order chi connectivity index (χ1) is 16.1. The lowest BCUT2D eigenvalue weighted by Crippen LogP contribution is -2.39. The lowest BCUT2D eigenvalue weighted by molar-refractivity contribution is 0.0728. The highest BCUT2D eigenvalue weighted by Gasteiger charge is 2.35. The Labute approximate surface area is 193 Å². The molecule has 0 radical (unpaired) electrons. The average molecular weight is 446 g/mol. The highest BCUT2D eigenvalue weighted by atomic mass is 16.6. The first-order valence-electron chi connectivity index (χ1n) is 11.1. The van der Waals surface area contributed by atoms with E-state index in [4.69, 9.17) is 18.9 Å². The Morgan fingerprint density at radius 3 is 2.39 bits per heavy atom. The van der Waals surface area contributed by atoms with Crippen molar-refractivity contribution in [3.63, 3.8) is 0 Å². The summed E-state index contributed by atoms with van der Waals surface area (Å²) in [6, 6.07) is 17.3. The van der Waals surface area contributed by atoms with Crippen LogP contribution in [-0.2, 0) is 19.4 Å². The molecule has 1 unspecified atom stereocenters. The molecule has 170 valence electrons. The van der Waals surface area contributed by atoms with E-state index in [1.165, 1.54) is 22.3 Å². The summed E-state index contributed by atoms with van der Waals surface area (Å²) in [7, 11) is 4.96. The Balaban J connectivity index is 1.50. The lowest BCUT2D eigenvalue weighted by Gasteiger charge is -2.42. The van der Waals surface area contributed by atoms with Crippen LogP contribution in [0.5, 0.6) is 23.0 Å². The number of benzene rings is 3. The minimum Gasteiger partial charge on any atom is -0.493 e. The summed E-state index contributed by atoms with van der Waals surface area (Å²) in [6.45, 7) is 1.72. The third-order valence-corrected chi connectivity index (χ3v) is 6.63. The van der Waals surface area contributed by atoms with Gasteiger partial charge in [-0.2, -0.15) is 0 Å². The van der Waals surface area contributed by atoms with Gasteiger partial charge in [0.25, 0.3) is 0 Å². The van der Waals surface area contributed by atoms with Crippen molar-refractivity contribution in [3.8, 4) is 23.0 Å². The van der Waals surface area contributed by atoms with E-state index in [0.29, 0.717) is 17.1 Å². The fraction of sp³-hybridized carbons (Fsp3) is 0.296. The van der Waals surface area contributed by atoms with Crippen LogP contribution >= 0.6 is 0 Å². The molecule has 5 rings (SSSR count). The highest BCUT2D eigenvalue weighted by molar-refractivity contribution is 5.91. The van der Waals surface area contributed by atoms with Gasteiger partial charge in [0.2, 0.25) is 0 Å². The van der Waals surface area contributed by atoms with Gasteiger partial charge in [0.1, 0.15) is 0 Å². The Hall–Kier alpha value is -3.51. The van der Waals surface area contributed by atoms with E-state index in [2.05, 4.69) is 11.0 Å². The summed E-state index contributed by atoms with van der Waals surface area (Å²) < 4.78 is 22.6. The summed E-state index contributed by atoms with van der Waals surface area (Å²) in [4.78, 5) is 15.2. The number of carbonyl (C=O) groups is 1. The first kappa shape index (κ1) is 21.3. The second-order valence-electron chi connectivity index (χ2n) is 8.34. The molecule has 33 heavy (non-hydrogen) atoms. The molecule has 3 aromatic rings. The normalized spacial score (nSPS) is 16.8. The minimum atomic E-state index is -0.396. The molecule has 2 aliphatic heterocycles.